The van der Waals surface area contributed by atoms with Crippen LogP contribution in [-0.4, -0.2) is 9.97 Å². The summed E-state index contributed by atoms with van der Waals surface area (Å²) >= 11 is 0. The summed E-state index contributed by atoms with van der Waals surface area (Å²) in [6.07, 6.45) is 3.31. The minimum absolute atomic E-state index is 0.0253. The topological polar surface area (TPSA) is 51.0 Å². The van der Waals surface area contributed by atoms with Gasteiger partial charge in [-0.05, 0) is 0 Å². The molecule has 0 fully saturated rings. The third-order valence-electron chi connectivity index (χ3n) is 2.16. The number of oxazole rings is 1. The van der Waals surface area contributed by atoms with Crippen molar-refractivity contribution in [3.05, 3.63) is 41.7 Å². The Balaban J connectivity index is 2.02. The number of nitrogens with zero attached hydrogens (tertiary/aromatic N) is 2. The number of pyridine rings is 1. The highest BCUT2D eigenvalue weighted by Gasteiger charge is 2.07. The number of anilines is 1. The molecule has 2 aromatic rings. The summed E-state index contributed by atoms with van der Waals surface area (Å²) in [5.41, 5.74) is 0. The third kappa shape index (κ3) is 2.77. The molecule has 90 valence electrons. The highest BCUT2D eigenvalue weighted by molar-refractivity contribution is 5.35. The molecule has 2 rings (SSSR count). The summed E-state index contributed by atoms with van der Waals surface area (Å²) in [5, 5.41) is 2.68. The van der Waals surface area contributed by atoms with Gasteiger partial charge in [0.2, 0.25) is 5.89 Å². The van der Waals surface area contributed by atoms with Crippen LogP contribution in [0, 0.1) is 11.6 Å². The molecule has 17 heavy (non-hydrogen) atoms. The van der Waals surface area contributed by atoms with Gasteiger partial charge in [0, 0.05) is 12.5 Å². The molecule has 0 unspecified atom stereocenters. The number of aryl methyl sites for hydroxylation is 1. The van der Waals surface area contributed by atoms with E-state index >= 15 is 0 Å². The minimum Gasteiger partial charge on any atom is -0.444 e. The average Bonchev–Trinajstić information content (AvgIpc) is 2.76. The van der Waals surface area contributed by atoms with Crippen molar-refractivity contribution in [3.8, 4) is 0 Å². The van der Waals surface area contributed by atoms with Crippen LogP contribution in [-0.2, 0) is 13.0 Å². The summed E-state index contributed by atoms with van der Waals surface area (Å²) in [6.45, 7) is 2.15. The van der Waals surface area contributed by atoms with E-state index in [9.17, 15) is 8.78 Å². The first-order valence-electron chi connectivity index (χ1n) is 5.17. The zero-order chi connectivity index (χ0) is 12.3. The molecule has 1 N–H and O–H groups in total. The monoisotopic (exact) mass is 239 g/mol. The van der Waals surface area contributed by atoms with Crippen LogP contribution in [0.15, 0.2) is 22.9 Å². The zero-order valence-electron chi connectivity index (χ0n) is 9.20. The van der Waals surface area contributed by atoms with Crippen molar-refractivity contribution < 1.29 is 13.2 Å². The highest BCUT2D eigenvalue weighted by Crippen LogP contribution is 2.12. The van der Waals surface area contributed by atoms with Crippen LogP contribution in [0.4, 0.5) is 14.6 Å². The van der Waals surface area contributed by atoms with Gasteiger partial charge in [0.25, 0.3) is 0 Å². The van der Waals surface area contributed by atoms with Crippen molar-refractivity contribution in [1.29, 1.82) is 0 Å². The molecule has 0 amide bonds. The predicted octanol–water partition coefficient (Wildman–Crippen LogP) is 2.52. The van der Waals surface area contributed by atoms with E-state index in [1.165, 1.54) is 0 Å². The lowest BCUT2D eigenvalue weighted by Gasteiger charge is -2.03. The molecule has 2 heterocycles. The van der Waals surface area contributed by atoms with Crippen molar-refractivity contribution in [1.82, 2.24) is 9.97 Å². The summed E-state index contributed by atoms with van der Waals surface area (Å²) < 4.78 is 31.1. The Hall–Kier alpha value is -1.98. The van der Waals surface area contributed by atoms with Crippen LogP contribution < -0.4 is 5.32 Å². The second-order valence-electron chi connectivity index (χ2n) is 3.41. The van der Waals surface area contributed by atoms with Crippen LogP contribution in [0.2, 0.25) is 0 Å². The van der Waals surface area contributed by atoms with E-state index in [0.717, 1.165) is 24.4 Å². The second kappa shape index (κ2) is 4.90. The average molecular weight is 239 g/mol. The summed E-state index contributed by atoms with van der Waals surface area (Å²) in [5.74, 6) is -0.283. The van der Waals surface area contributed by atoms with Crippen molar-refractivity contribution in [2.24, 2.45) is 0 Å². The van der Waals surface area contributed by atoms with Gasteiger partial charge >= 0.3 is 0 Å². The molecule has 0 radical (unpaired) electrons. The largest absolute Gasteiger partial charge is 0.444 e. The maximum absolute atomic E-state index is 13.2. The fourth-order valence-corrected chi connectivity index (χ4v) is 1.30. The van der Waals surface area contributed by atoms with Gasteiger partial charge in [-0.15, -0.1) is 0 Å². The minimum atomic E-state index is -0.743. The van der Waals surface area contributed by atoms with E-state index in [4.69, 9.17) is 4.42 Å². The quantitative estimate of drug-likeness (QED) is 0.890. The van der Waals surface area contributed by atoms with Crippen LogP contribution in [0.25, 0.3) is 0 Å². The van der Waals surface area contributed by atoms with E-state index < -0.39 is 11.6 Å². The summed E-state index contributed by atoms with van der Waals surface area (Å²) in [7, 11) is 0. The van der Waals surface area contributed by atoms with Gasteiger partial charge in [-0.25, -0.2) is 18.7 Å². The smallest absolute Gasteiger partial charge is 0.213 e. The van der Waals surface area contributed by atoms with Gasteiger partial charge in [0.1, 0.15) is 11.6 Å². The molecule has 0 aliphatic carbocycles. The van der Waals surface area contributed by atoms with Crippen molar-refractivity contribution >= 4 is 5.82 Å². The van der Waals surface area contributed by atoms with Gasteiger partial charge in [0.05, 0.1) is 18.9 Å². The van der Waals surface area contributed by atoms with Crippen molar-refractivity contribution in [2.45, 2.75) is 19.9 Å². The van der Waals surface area contributed by atoms with E-state index in [-0.39, 0.29) is 12.4 Å². The second-order valence-corrected chi connectivity index (χ2v) is 3.41. The molecule has 0 bridgehead atoms. The molecular weight excluding hydrogens is 228 g/mol. The lowest BCUT2D eigenvalue weighted by atomic mass is 10.4. The normalized spacial score (nSPS) is 10.5. The first-order valence-corrected chi connectivity index (χ1v) is 5.17. The number of halogens is 2. The molecule has 2 aromatic heterocycles. The van der Waals surface area contributed by atoms with Crippen LogP contribution in [0.1, 0.15) is 18.6 Å². The van der Waals surface area contributed by atoms with Gasteiger partial charge in [-0.3, -0.25) is 0 Å². The van der Waals surface area contributed by atoms with Crippen molar-refractivity contribution in [3.63, 3.8) is 0 Å². The molecule has 4 nitrogen and oxygen atoms in total. The van der Waals surface area contributed by atoms with E-state index in [1.54, 1.807) is 6.20 Å². The molecule has 0 aliphatic rings. The number of rotatable bonds is 4. The Labute approximate surface area is 96.7 Å². The maximum atomic E-state index is 13.2. The van der Waals surface area contributed by atoms with Gasteiger partial charge in [0.15, 0.2) is 11.6 Å². The Morgan fingerprint density at radius 1 is 1.29 bits per heavy atom. The first kappa shape index (κ1) is 11.5. The van der Waals surface area contributed by atoms with Crippen LogP contribution >= 0.6 is 0 Å². The first-order chi connectivity index (χ1) is 8.19. The number of hydrogen-bond acceptors (Lipinski definition) is 4. The summed E-state index contributed by atoms with van der Waals surface area (Å²) in [4.78, 5) is 7.59. The number of nitrogens with one attached hydrogen (secondary N) is 1. The molecule has 0 spiro atoms. The Morgan fingerprint density at radius 2 is 2.12 bits per heavy atom. The fourth-order valence-electron chi connectivity index (χ4n) is 1.30. The lowest BCUT2D eigenvalue weighted by Crippen LogP contribution is -2.04. The number of hydrogen-bond donors (Lipinski definition) is 1. The van der Waals surface area contributed by atoms with E-state index in [0.29, 0.717) is 5.89 Å². The Kier molecular flexibility index (Phi) is 3.32. The van der Waals surface area contributed by atoms with Crippen LogP contribution in [0.3, 0.4) is 0 Å². The Bertz CT molecular complexity index is 513. The number of aromatic nitrogens is 2. The van der Waals surface area contributed by atoms with E-state index in [1.807, 2.05) is 6.92 Å². The van der Waals surface area contributed by atoms with E-state index in [2.05, 4.69) is 15.3 Å². The maximum Gasteiger partial charge on any atom is 0.213 e. The van der Waals surface area contributed by atoms with Gasteiger partial charge in [-0.1, -0.05) is 6.92 Å². The fraction of sp³-hybridized carbons (Fsp3) is 0.273. The standard InChI is InChI=1S/C11H11F2N3O/c1-2-8-5-14-10(17-8)6-16-11-9(13)3-7(12)4-15-11/h3-5H,2,6H2,1H3,(H,15,16). The lowest BCUT2D eigenvalue weighted by molar-refractivity contribution is 0.465. The van der Waals surface area contributed by atoms with Gasteiger partial charge < -0.3 is 9.73 Å². The Morgan fingerprint density at radius 3 is 2.76 bits per heavy atom. The van der Waals surface area contributed by atoms with Crippen LogP contribution in [0.5, 0.6) is 0 Å². The predicted molar refractivity (Wildman–Crippen MR) is 57.4 cm³/mol. The molecule has 0 aromatic carbocycles. The van der Waals surface area contributed by atoms with Gasteiger partial charge in [-0.2, -0.15) is 0 Å². The SMILES string of the molecule is CCc1cnc(CNc2ncc(F)cc2F)o1. The van der Waals surface area contributed by atoms with Crippen molar-refractivity contribution in [2.75, 3.05) is 5.32 Å². The molecule has 0 saturated heterocycles. The highest BCUT2D eigenvalue weighted by atomic mass is 19.1. The summed E-state index contributed by atoms with van der Waals surface area (Å²) in [6, 6.07) is 0.766. The zero-order valence-corrected chi connectivity index (χ0v) is 9.20. The molecule has 6 heteroatoms. The molecular formula is C11H11F2N3O. The molecule has 0 aliphatic heterocycles. The molecule has 0 saturated carbocycles. The third-order valence-corrected chi connectivity index (χ3v) is 2.16. The molecule has 0 atom stereocenters.